The van der Waals surface area contributed by atoms with Crippen LogP contribution in [0.3, 0.4) is 0 Å². The average molecular weight is 205 g/mol. The van der Waals surface area contributed by atoms with E-state index in [1.165, 1.54) is 12.1 Å². The highest BCUT2D eigenvalue weighted by Gasteiger charge is 2.12. The lowest BCUT2D eigenvalue weighted by Gasteiger charge is -2.06. The average Bonchev–Trinajstić information content (AvgIpc) is 2.11. The molecule has 0 aromatic heterocycles. The van der Waals surface area contributed by atoms with Crippen molar-refractivity contribution in [3.05, 3.63) is 29.6 Å². The van der Waals surface area contributed by atoms with Gasteiger partial charge in [0, 0.05) is 0 Å². The molecule has 0 bridgehead atoms. The number of halogens is 1. The predicted octanol–water partition coefficient (Wildman–Crippen LogP) is 0.486. The van der Waals surface area contributed by atoms with E-state index in [1.807, 2.05) is 0 Å². The smallest absolute Gasteiger partial charge is 0.320 e. The first kappa shape index (κ1) is 10.5. The lowest BCUT2D eigenvalue weighted by atomic mass is 10.3. The Hall–Kier alpha value is -1.62. The summed E-state index contributed by atoms with van der Waals surface area (Å²) in [5.74, 6) is -2.38. The van der Waals surface area contributed by atoms with Crippen molar-refractivity contribution in [2.75, 3.05) is 0 Å². The highest BCUT2D eigenvalue weighted by atomic mass is 19.2. The van der Waals surface area contributed by atoms with Crippen molar-refractivity contribution < 1.29 is 19.4 Å². The molecule has 1 rings (SSSR count). The van der Waals surface area contributed by atoms with E-state index in [1.54, 1.807) is 0 Å². The van der Waals surface area contributed by atoms with Crippen molar-refractivity contribution in [1.29, 1.82) is 0 Å². The standard InChI is InChI=1S/C9H10FNO3/c10-6-3-5(1-2-8(6)12)4-7(11)9(13)14/h1-3,7,12H,4,11H2,(H,13,14)/t7-/m0/s1/i1+1,2+1,3+1,5+1,6+1,8+1. The third-order valence-electron chi connectivity index (χ3n) is 1.78. The van der Waals surface area contributed by atoms with Crippen molar-refractivity contribution in [1.82, 2.24) is 0 Å². The molecule has 0 radical (unpaired) electrons. The molecule has 0 saturated carbocycles. The molecule has 0 aliphatic carbocycles. The van der Waals surface area contributed by atoms with Crippen LogP contribution >= 0.6 is 0 Å². The van der Waals surface area contributed by atoms with Crippen LogP contribution in [0.5, 0.6) is 5.75 Å². The fourth-order valence-electron chi connectivity index (χ4n) is 1.02. The summed E-state index contributed by atoms with van der Waals surface area (Å²) in [7, 11) is 0. The minimum atomic E-state index is -1.14. The van der Waals surface area contributed by atoms with Crippen LogP contribution in [0.1, 0.15) is 5.56 Å². The van der Waals surface area contributed by atoms with Gasteiger partial charge in [-0.1, -0.05) is 6.07 Å². The van der Waals surface area contributed by atoms with Gasteiger partial charge in [-0.2, -0.15) is 0 Å². The normalized spacial score (nSPS) is 12.4. The molecule has 0 amide bonds. The number of aromatic hydroxyl groups is 1. The van der Waals surface area contributed by atoms with Crippen LogP contribution in [0.2, 0.25) is 0 Å². The monoisotopic (exact) mass is 205 g/mol. The molecule has 0 fully saturated rings. The molecular formula is C9H10FNO3. The zero-order chi connectivity index (χ0) is 10.7. The second-order valence-electron chi connectivity index (χ2n) is 2.93. The van der Waals surface area contributed by atoms with Gasteiger partial charge in [0.1, 0.15) is 6.04 Å². The molecule has 0 unspecified atom stereocenters. The Kier molecular flexibility index (Phi) is 3.03. The molecule has 0 aliphatic heterocycles. The van der Waals surface area contributed by atoms with Gasteiger partial charge in [-0.05, 0) is 24.1 Å². The Morgan fingerprint density at radius 2 is 2.21 bits per heavy atom. The maximum Gasteiger partial charge on any atom is 0.320 e. The van der Waals surface area contributed by atoms with Gasteiger partial charge in [-0.3, -0.25) is 4.79 Å². The van der Waals surface area contributed by atoms with Gasteiger partial charge < -0.3 is 15.9 Å². The lowest BCUT2D eigenvalue weighted by Crippen LogP contribution is -2.32. The number of phenolic OH excluding ortho intramolecular Hbond substituents is 1. The van der Waals surface area contributed by atoms with Crippen LogP contribution in [0.25, 0.3) is 0 Å². The summed E-state index contributed by atoms with van der Waals surface area (Å²) in [5, 5.41) is 17.4. The van der Waals surface area contributed by atoms with Gasteiger partial charge in [-0.25, -0.2) is 4.39 Å². The zero-order valence-electron chi connectivity index (χ0n) is 7.27. The molecule has 5 heteroatoms. The summed E-state index contributed by atoms with van der Waals surface area (Å²) < 4.78 is 12.8. The first-order chi connectivity index (χ1) is 6.50. The number of carboxylic acid groups (broad SMARTS) is 1. The van der Waals surface area contributed by atoms with Crippen molar-refractivity contribution in [2.24, 2.45) is 5.73 Å². The third-order valence-corrected chi connectivity index (χ3v) is 1.78. The number of hydrogen-bond donors (Lipinski definition) is 3. The Morgan fingerprint density at radius 1 is 1.57 bits per heavy atom. The molecule has 0 spiro atoms. The van der Waals surface area contributed by atoms with E-state index in [0.717, 1.165) is 6.07 Å². The predicted molar refractivity (Wildman–Crippen MR) is 47.4 cm³/mol. The molecule has 4 nitrogen and oxygen atoms in total. The Bertz CT molecular complexity index is 354. The summed E-state index contributed by atoms with van der Waals surface area (Å²) >= 11 is 0. The summed E-state index contributed by atoms with van der Waals surface area (Å²) in [6.07, 6.45) is 0.0343. The largest absolute Gasteiger partial charge is 0.505 e. The van der Waals surface area contributed by atoms with Gasteiger partial charge in [0.25, 0.3) is 0 Å². The van der Waals surface area contributed by atoms with Crippen LogP contribution in [0.4, 0.5) is 4.39 Å². The Morgan fingerprint density at radius 3 is 2.71 bits per heavy atom. The quantitative estimate of drug-likeness (QED) is 0.670. The van der Waals surface area contributed by atoms with E-state index in [2.05, 4.69) is 0 Å². The molecule has 1 aromatic rings. The van der Waals surface area contributed by atoms with E-state index in [9.17, 15) is 9.18 Å². The molecule has 0 heterocycles. The summed E-state index contributed by atoms with van der Waals surface area (Å²) in [5.41, 5.74) is 5.69. The van der Waals surface area contributed by atoms with Crippen LogP contribution < -0.4 is 5.73 Å². The first-order valence-electron chi connectivity index (χ1n) is 3.96. The van der Waals surface area contributed by atoms with E-state index in [-0.39, 0.29) is 6.42 Å². The third kappa shape index (κ3) is 2.43. The second kappa shape index (κ2) is 4.06. The minimum absolute atomic E-state index is 0.0343. The Balaban J connectivity index is 2.78. The zero-order valence-corrected chi connectivity index (χ0v) is 7.27. The summed E-state index contributed by atoms with van der Waals surface area (Å²) in [6, 6.07) is 2.61. The molecule has 1 atom stereocenters. The van der Waals surface area contributed by atoms with Crippen LogP contribution in [0, 0.1) is 5.82 Å². The van der Waals surface area contributed by atoms with E-state index in [4.69, 9.17) is 15.9 Å². The topological polar surface area (TPSA) is 83.5 Å². The van der Waals surface area contributed by atoms with Gasteiger partial charge in [-0.15, -0.1) is 0 Å². The van der Waals surface area contributed by atoms with E-state index in [0.29, 0.717) is 5.56 Å². The minimum Gasteiger partial charge on any atom is -0.505 e. The lowest BCUT2D eigenvalue weighted by molar-refractivity contribution is -0.138. The summed E-state index contributed by atoms with van der Waals surface area (Å²) in [4.78, 5) is 10.4. The fourth-order valence-corrected chi connectivity index (χ4v) is 1.02. The fraction of sp³-hybridized carbons (Fsp3) is 0.222. The highest BCUT2D eigenvalue weighted by molar-refractivity contribution is 5.73. The van der Waals surface area contributed by atoms with Gasteiger partial charge in [0.15, 0.2) is 11.6 Å². The second-order valence-corrected chi connectivity index (χ2v) is 2.93. The van der Waals surface area contributed by atoms with Gasteiger partial charge in [0.05, 0.1) is 0 Å². The van der Waals surface area contributed by atoms with Crippen LogP contribution in [-0.2, 0) is 11.2 Å². The van der Waals surface area contributed by atoms with Crippen molar-refractivity contribution in [3.63, 3.8) is 0 Å². The number of benzene rings is 1. The van der Waals surface area contributed by atoms with Crippen molar-refractivity contribution in [3.8, 4) is 5.75 Å². The number of rotatable bonds is 3. The highest BCUT2D eigenvalue weighted by Crippen LogP contribution is 2.16. The number of carboxylic acids is 1. The first-order valence-corrected chi connectivity index (χ1v) is 3.96. The number of nitrogens with two attached hydrogens (primary N) is 1. The number of aliphatic carboxylic acids is 1. The molecule has 4 N–H and O–H groups in total. The maximum absolute atomic E-state index is 12.8. The van der Waals surface area contributed by atoms with Crippen molar-refractivity contribution in [2.45, 2.75) is 12.5 Å². The molecule has 14 heavy (non-hydrogen) atoms. The van der Waals surface area contributed by atoms with Gasteiger partial charge in [0.2, 0.25) is 0 Å². The number of phenols is 1. The molecule has 0 aliphatic rings. The molecule has 76 valence electrons. The Labute approximate surface area is 79.8 Å². The number of hydrogen-bond acceptors (Lipinski definition) is 3. The van der Waals surface area contributed by atoms with Gasteiger partial charge >= 0.3 is 5.97 Å². The molecule has 0 saturated heterocycles. The van der Waals surface area contributed by atoms with Crippen molar-refractivity contribution >= 4 is 5.97 Å². The SMILES string of the molecule is N[C@@H](C[13c]1[13cH][13cH][13c](O)[13c](F)[13cH]1)C(=O)O. The molecular weight excluding hydrogens is 195 g/mol. The van der Waals surface area contributed by atoms with Crippen LogP contribution in [-0.4, -0.2) is 22.2 Å². The number of carbonyl (C=O) groups is 1. The van der Waals surface area contributed by atoms with E-state index >= 15 is 0 Å². The maximum atomic E-state index is 12.8. The van der Waals surface area contributed by atoms with Crippen LogP contribution in [0.15, 0.2) is 18.2 Å². The summed E-state index contributed by atoms with van der Waals surface area (Å²) in [6.45, 7) is 0. The van der Waals surface area contributed by atoms with E-state index < -0.39 is 23.6 Å². The molecule has 1 aromatic carbocycles.